The van der Waals surface area contributed by atoms with Crippen LogP contribution in [0.2, 0.25) is 0 Å². The van der Waals surface area contributed by atoms with Crippen LogP contribution in [0.15, 0.2) is 46.2 Å². The molecule has 1 aromatic carbocycles. The average Bonchev–Trinajstić information content (AvgIpc) is 3.33. The molecule has 0 bridgehead atoms. The molecule has 25 heavy (non-hydrogen) atoms. The van der Waals surface area contributed by atoms with Gasteiger partial charge in [-0.05, 0) is 42.6 Å². The van der Waals surface area contributed by atoms with E-state index < -0.39 is 0 Å². The number of aromatic nitrogens is 2. The number of nitrogens with zero attached hydrogens (tertiary/aromatic N) is 4. The fraction of sp³-hybridized carbons (Fsp3) is 0.333. The Bertz CT molecular complexity index is 808. The summed E-state index contributed by atoms with van der Waals surface area (Å²) in [6.45, 7) is 5.83. The Hall–Kier alpha value is -2.38. The van der Waals surface area contributed by atoms with Gasteiger partial charge in [0.25, 0.3) is 5.89 Å². The molecule has 0 unspecified atom stereocenters. The predicted molar refractivity (Wildman–Crippen MR) is 97.9 cm³/mol. The summed E-state index contributed by atoms with van der Waals surface area (Å²) in [5.41, 5.74) is 1.14. The highest BCUT2D eigenvalue weighted by Crippen LogP contribution is 2.28. The molecule has 1 saturated heterocycles. The van der Waals surface area contributed by atoms with Crippen LogP contribution in [0.5, 0.6) is 5.75 Å². The van der Waals surface area contributed by atoms with Gasteiger partial charge in [-0.25, -0.2) is 0 Å². The van der Waals surface area contributed by atoms with Gasteiger partial charge in [-0.1, -0.05) is 6.07 Å². The Morgan fingerprint density at radius 1 is 1.08 bits per heavy atom. The molecule has 0 spiro atoms. The maximum Gasteiger partial charge on any atom is 0.257 e. The maximum absolute atomic E-state index is 9.42. The number of hydrogen-bond donors (Lipinski definition) is 1. The highest BCUT2D eigenvalue weighted by atomic mass is 32.1. The van der Waals surface area contributed by atoms with Crippen LogP contribution in [0.25, 0.3) is 10.8 Å². The summed E-state index contributed by atoms with van der Waals surface area (Å²) >= 11 is 1.60. The van der Waals surface area contributed by atoms with Crippen LogP contribution >= 0.6 is 11.3 Å². The van der Waals surface area contributed by atoms with Gasteiger partial charge in [0.2, 0.25) is 5.89 Å². The molecule has 2 aromatic heterocycles. The molecule has 130 valence electrons. The molecule has 0 aliphatic carbocycles. The third kappa shape index (κ3) is 3.38. The normalized spacial score (nSPS) is 16.9. The van der Waals surface area contributed by atoms with Gasteiger partial charge in [-0.2, -0.15) is 0 Å². The van der Waals surface area contributed by atoms with Crippen LogP contribution in [0, 0.1) is 0 Å². The van der Waals surface area contributed by atoms with Crippen LogP contribution < -0.4 is 4.90 Å². The smallest absolute Gasteiger partial charge is 0.257 e. The van der Waals surface area contributed by atoms with Crippen molar-refractivity contribution in [3.63, 3.8) is 0 Å². The van der Waals surface area contributed by atoms with Crippen molar-refractivity contribution in [3.8, 4) is 16.5 Å². The number of piperazine rings is 1. The largest absolute Gasteiger partial charge is 0.508 e. The summed E-state index contributed by atoms with van der Waals surface area (Å²) in [5.74, 6) is 1.56. The van der Waals surface area contributed by atoms with Gasteiger partial charge in [0.1, 0.15) is 5.75 Å². The van der Waals surface area contributed by atoms with Crippen molar-refractivity contribution in [2.75, 3.05) is 31.1 Å². The highest BCUT2D eigenvalue weighted by Gasteiger charge is 2.26. The first kappa shape index (κ1) is 16.1. The molecule has 3 heterocycles. The third-order valence-electron chi connectivity index (χ3n) is 4.61. The van der Waals surface area contributed by atoms with Crippen molar-refractivity contribution in [2.24, 2.45) is 0 Å². The Kier molecular flexibility index (Phi) is 4.42. The van der Waals surface area contributed by atoms with Crippen LogP contribution in [0.1, 0.15) is 18.9 Å². The lowest BCUT2D eigenvalue weighted by Crippen LogP contribution is -2.47. The number of hydrogen-bond acceptors (Lipinski definition) is 7. The van der Waals surface area contributed by atoms with E-state index in [-0.39, 0.29) is 6.04 Å². The van der Waals surface area contributed by atoms with Crippen molar-refractivity contribution in [2.45, 2.75) is 13.0 Å². The lowest BCUT2D eigenvalue weighted by Gasteiger charge is -2.38. The van der Waals surface area contributed by atoms with Gasteiger partial charge < -0.3 is 14.4 Å². The number of phenols is 1. The second-order valence-electron chi connectivity index (χ2n) is 6.14. The fourth-order valence-corrected chi connectivity index (χ4v) is 3.73. The van der Waals surface area contributed by atoms with E-state index in [1.807, 2.05) is 29.6 Å². The number of rotatable bonds is 4. The van der Waals surface area contributed by atoms with Crippen molar-refractivity contribution in [1.29, 1.82) is 0 Å². The summed E-state index contributed by atoms with van der Waals surface area (Å²) in [5, 5.41) is 19.8. The minimum Gasteiger partial charge on any atom is -0.508 e. The molecule has 4 rings (SSSR count). The molecule has 0 amide bonds. The predicted octanol–water partition coefficient (Wildman–Crippen LogP) is 3.39. The second kappa shape index (κ2) is 6.85. The average molecular weight is 356 g/mol. The quantitative estimate of drug-likeness (QED) is 0.773. The maximum atomic E-state index is 9.42. The molecule has 1 aliphatic heterocycles. The van der Waals surface area contributed by atoms with E-state index in [1.54, 1.807) is 23.5 Å². The minimum atomic E-state index is 0.100. The molecular weight excluding hydrogens is 336 g/mol. The monoisotopic (exact) mass is 356 g/mol. The van der Waals surface area contributed by atoms with Gasteiger partial charge in [-0.15, -0.1) is 21.5 Å². The van der Waals surface area contributed by atoms with E-state index in [0.29, 0.717) is 17.5 Å². The molecule has 6 nitrogen and oxygen atoms in total. The van der Waals surface area contributed by atoms with Gasteiger partial charge in [0.05, 0.1) is 10.9 Å². The standard InChI is InChI=1S/C18H20N4O2S/c1-13(17-19-20-18(24-17)16-3-2-12-25-16)21-8-10-22(11-9-21)14-4-6-15(23)7-5-14/h2-7,12-13,23H,8-11H2,1H3/t13-/m0/s1. The Morgan fingerprint density at radius 2 is 1.84 bits per heavy atom. The molecule has 0 radical (unpaired) electrons. The van der Waals surface area contributed by atoms with Crippen LogP contribution in [-0.2, 0) is 0 Å². The van der Waals surface area contributed by atoms with E-state index in [1.165, 1.54) is 0 Å². The molecule has 1 N–H and O–H groups in total. The lowest BCUT2D eigenvalue weighted by atomic mass is 10.2. The van der Waals surface area contributed by atoms with E-state index >= 15 is 0 Å². The third-order valence-corrected chi connectivity index (χ3v) is 5.46. The van der Waals surface area contributed by atoms with Crippen molar-refractivity contribution in [1.82, 2.24) is 15.1 Å². The number of thiophene rings is 1. The van der Waals surface area contributed by atoms with Gasteiger partial charge >= 0.3 is 0 Å². The van der Waals surface area contributed by atoms with Gasteiger partial charge in [-0.3, -0.25) is 4.90 Å². The first-order chi connectivity index (χ1) is 12.2. The zero-order chi connectivity index (χ0) is 17.2. The van der Waals surface area contributed by atoms with Crippen molar-refractivity contribution >= 4 is 17.0 Å². The number of benzene rings is 1. The lowest BCUT2D eigenvalue weighted by molar-refractivity contribution is 0.174. The molecule has 0 saturated carbocycles. The first-order valence-corrected chi connectivity index (χ1v) is 9.24. The summed E-state index contributed by atoms with van der Waals surface area (Å²) in [6.07, 6.45) is 0. The molecule has 3 aromatic rings. The molecule has 7 heteroatoms. The zero-order valence-corrected chi connectivity index (χ0v) is 14.8. The Morgan fingerprint density at radius 3 is 2.52 bits per heavy atom. The van der Waals surface area contributed by atoms with E-state index in [4.69, 9.17) is 4.42 Å². The van der Waals surface area contributed by atoms with E-state index in [0.717, 1.165) is 36.7 Å². The zero-order valence-electron chi connectivity index (χ0n) is 14.0. The molecule has 1 fully saturated rings. The topological polar surface area (TPSA) is 65.6 Å². The van der Waals surface area contributed by atoms with E-state index in [9.17, 15) is 5.11 Å². The molecule has 1 atom stereocenters. The number of aromatic hydroxyl groups is 1. The molecular formula is C18H20N4O2S. The van der Waals surface area contributed by atoms with Gasteiger partial charge in [0.15, 0.2) is 0 Å². The summed E-state index contributed by atoms with van der Waals surface area (Å²) < 4.78 is 5.87. The van der Waals surface area contributed by atoms with Crippen LogP contribution in [-0.4, -0.2) is 46.4 Å². The highest BCUT2D eigenvalue weighted by molar-refractivity contribution is 7.13. The fourth-order valence-electron chi connectivity index (χ4n) is 3.09. The van der Waals surface area contributed by atoms with Gasteiger partial charge in [0, 0.05) is 31.9 Å². The van der Waals surface area contributed by atoms with E-state index in [2.05, 4.69) is 26.9 Å². The molecule has 1 aliphatic rings. The Labute approximate surface area is 150 Å². The second-order valence-corrected chi connectivity index (χ2v) is 7.09. The minimum absolute atomic E-state index is 0.100. The summed E-state index contributed by atoms with van der Waals surface area (Å²) in [7, 11) is 0. The summed E-state index contributed by atoms with van der Waals surface area (Å²) in [4.78, 5) is 5.69. The number of anilines is 1. The SMILES string of the molecule is C[C@@H](c1nnc(-c2cccs2)o1)N1CCN(c2ccc(O)cc2)CC1. The first-order valence-electron chi connectivity index (χ1n) is 8.36. The Balaban J connectivity index is 1.39. The van der Waals surface area contributed by atoms with Crippen LogP contribution in [0.3, 0.4) is 0 Å². The van der Waals surface area contributed by atoms with Crippen molar-refractivity contribution < 1.29 is 9.52 Å². The number of phenolic OH excluding ortho intramolecular Hbond substituents is 1. The van der Waals surface area contributed by atoms with Crippen molar-refractivity contribution in [3.05, 3.63) is 47.7 Å². The summed E-state index contributed by atoms with van der Waals surface area (Å²) in [6, 6.07) is 11.4. The van der Waals surface area contributed by atoms with Crippen LogP contribution in [0.4, 0.5) is 5.69 Å².